The normalized spacial score (nSPS) is 14.3. The number of hydrogen-bond donors (Lipinski definition) is 0. The van der Waals surface area contributed by atoms with Gasteiger partial charge in [0.2, 0.25) is 5.91 Å². The Balaban J connectivity index is 1.64. The van der Waals surface area contributed by atoms with Crippen molar-refractivity contribution in [2.24, 2.45) is 0 Å². The number of rotatable bonds is 4. The quantitative estimate of drug-likeness (QED) is 0.856. The SMILES string of the molecule is Cc1cc(C(=O)N2CCCN2C(=O)CCc2cccnc2)no1. The van der Waals surface area contributed by atoms with Crippen molar-refractivity contribution in [1.29, 1.82) is 0 Å². The molecule has 120 valence electrons. The van der Waals surface area contributed by atoms with Crippen LogP contribution in [0.3, 0.4) is 0 Å². The summed E-state index contributed by atoms with van der Waals surface area (Å²) in [4.78, 5) is 28.9. The molecule has 0 spiro atoms. The van der Waals surface area contributed by atoms with Crippen LogP contribution >= 0.6 is 0 Å². The van der Waals surface area contributed by atoms with Gasteiger partial charge < -0.3 is 4.52 Å². The highest BCUT2D eigenvalue weighted by Gasteiger charge is 2.32. The monoisotopic (exact) mass is 314 g/mol. The molecule has 1 aliphatic heterocycles. The largest absolute Gasteiger partial charge is 0.361 e. The maximum atomic E-state index is 12.4. The molecule has 2 aromatic rings. The average Bonchev–Trinajstić information content (AvgIpc) is 3.22. The summed E-state index contributed by atoms with van der Waals surface area (Å²) in [6.07, 6.45) is 5.16. The standard InChI is InChI=1S/C16H18N4O3/c1-12-10-14(18-23-12)16(22)20-9-3-8-19(20)15(21)6-5-13-4-2-7-17-11-13/h2,4,7,10-11H,3,5-6,8-9H2,1H3. The van der Waals surface area contributed by atoms with Gasteiger partial charge in [0.05, 0.1) is 0 Å². The minimum Gasteiger partial charge on any atom is -0.361 e. The van der Waals surface area contributed by atoms with Gasteiger partial charge in [0.15, 0.2) is 5.69 Å². The third-order valence-electron chi connectivity index (χ3n) is 3.75. The van der Waals surface area contributed by atoms with Crippen molar-refractivity contribution in [1.82, 2.24) is 20.2 Å². The first-order valence-corrected chi connectivity index (χ1v) is 7.59. The van der Waals surface area contributed by atoms with Crippen molar-refractivity contribution in [3.8, 4) is 0 Å². The second kappa shape index (κ2) is 6.60. The third kappa shape index (κ3) is 3.39. The number of aromatic nitrogens is 2. The zero-order valence-electron chi connectivity index (χ0n) is 12.9. The van der Waals surface area contributed by atoms with Crippen LogP contribution in [0.2, 0.25) is 0 Å². The number of carbonyl (C=O) groups is 2. The summed E-state index contributed by atoms with van der Waals surface area (Å²) < 4.78 is 4.94. The van der Waals surface area contributed by atoms with E-state index in [1.54, 1.807) is 25.4 Å². The van der Waals surface area contributed by atoms with E-state index in [2.05, 4.69) is 10.1 Å². The summed E-state index contributed by atoms with van der Waals surface area (Å²) in [5.41, 5.74) is 1.24. The molecule has 0 atom stereocenters. The Morgan fingerprint density at radius 3 is 2.83 bits per heavy atom. The Bertz CT molecular complexity index is 698. The molecule has 23 heavy (non-hydrogen) atoms. The van der Waals surface area contributed by atoms with E-state index in [9.17, 15) is 9.59 Å². The summed E-state index contributed by atoms with van der Waals surface area (Å²) in [7, 11) is 0. The lowest BCUT2D eigenvalue weighted by Gasteiger charge is -2.27. The highest BCUT2D eigenvalue weighted by molar-refractivity contribution is 5.94. The van der Waals surface area contributed by atoms with E-state index in [4.69, 9.17) is 4.52 Å². The van der Waals surface area contributed by atoms with Crippen LogP contribution in [-0.2, 0) is 11.2 Å². The van der Waals surface area contributed by atoms with E-state index in [0.29, 0.717) is 31.7 Å². The maximum Gasteiger partial charge on any atom is 0.294 e. The van der Waals surface area contributed by atoms with Crippen LogP contribution in [0, 0.1) is 6.92 Å². The molecule has 7 nitrogen and oxygen atoms in total. The zero-order chi connectivity index (χ0) is 16.2. The summed E-state index contributed by atoms with van der Waals surface area (Å²) in [6, 6.07) is 5.36. The fourth-order valence-corrected chi connectivity index (χ4v) is 2.61. The van der Waals surface area contributed by atoms with Gasteiger partial charge in [-0.25, -0.2) is 5.01 Å². The molecule has 7 heteroatoms. The molecule has 0 aromatic carbocycles. The average molecular weight is 314 g/mol. The fraction of sp³-hybridized carbons (Fsp3) is 0.375. The molecular formula is C16H18N4O3. The predicted octanol–water partition coefficient (Wildman–Crippen LogP) is 1.60. The Kier molecular flexibility index (Phi) is 4.36. The first-order chi connectivity index (χ1) is 11.1. The lowest BCUT2D eigenvalue weighted by Crippen LogP contribution is -2.45. The Labute approximate surface area is 133 Å². The van der Waals surface area contributed by atoms with Gasteiger partial charge >= 0.3 is 0 Å². The Hall–Kier alpha value is -2.70. The van der Waals surface area contributed by atoms with E-state index < -0.39 is 0 Å². The predicted molar refractivity (Wildman–Crippen MR) is 81.2 cm³/mol. The first-order valence-electron chi connectivity index (χ1n) is 7.59. The van der Waals surface area contributed by atoms with E-state index in [-0.39, 0.29) is 17.5 Å². The topological polar surface area (TPSA) is 79.5 Å². The van der Waals surface area contributed by atoms with Crippen LogP contribution in [0.1, 0.15) is 34.7 Å². The van der Waals surface area contributed by atoms with E-state index >= 15 is 0 Å². The van der Waals surface area contributed by atoms with E-state index in [1.165, 1.54) is 10.0 Å². The summed E-state index contributed by atoms with van der Waals surface area (Å²) in [5, 5.41) is 6.71. The number of amides is 2. The van der Waals surface area contributed by atoms with Gasteiger partial charge in [0.25, 0.3) is 5.91 Å². The van der Waals surface area contributed by atoms with Gasteiger partial charge in [-0.3, -0.25) is 19.6 Å². The van der Waals surface area contributed by atoms with Gasteiger partial charge in [0.1, 0.15) is 5.76 Å². The van der Waals surface area contributed by atoms with Gasteiger partial charge in [-0.1, -0.05) is 11.2 Å². The van der Waals surface area contributed by atoms with Crippen molar-refractivity contribution in [2.75, 3.05) is 13.1 Å². The van der Waals surface area contributed by atoms with Gasteiger partial charge in [-0.15, -0.1) is 0 Å². The molecule has 0 radical (unpaired) electrons. The number of pyridine rings is 1. The molecule has 2 aromatic heterocycles. The molecule has 0 unspecified atom stereocenters. The zero-order valence-corrected chi connectivity index (χ0v) is 12.9. The van der Waals surface area contributed by atoms with Gasteiger partial charge in [0, 0.05) is 38.0 Å². The maximum absolute atomic E-state index is 12.4. The smallest absolute Gasteiger partial charge is 0.294 e. The molecule has 0 aliphatic carbocycles. The van der Waals surface area contributed by atoms with Crippen LogP contribution < -0.4 is 0 Å². The Morgan fingerprint density at radius 2 is 2.13 bits per heavy atom. The molecule has 1 aliphatic rings. The molecule has 2 amide bonds. The number of carbonyl (C=O) groups excluding carboxylic acids is 2. The van der Waals surface area contributed by atoms with Crippen molar-refractivity contribution in [2.45, 2.75) is 26.2 Å². The number of aryl methyl sites for hydroxylation is 2. The van der Waals surface area contributed by atoms with Gasteiger partial charge in [-0.2, -0.15) is 0 Å². The molecule has 3 heterocycles. The summed E-state index contributed by atoms with van der Waals surface area (Å²) in [6.45, 7) is 2.79. The van der Waals surface area contributed by atoms with Crippen LogP contribution in [-0.4, -0.2) is 45.1 Å². The van der Waals surface area contributed by atoms with Crippen molar-refractivity contribution < 1.29 is 14.1 Å². The minimum atomic E-state index is -0.297. The lowest BCUT2D eigenvalue weighted by atomic mass is 10.1. The molecule has 0 bridgehead atoms. The van der Waals surface area contributed by atoms with Crippen LogP contribution in [0.4, 0.5) is 0 Å². The number of nitrogens with zero attached hydrogens (tertiary/aromatic N) is 4. The molecule has 0 N–H and O–H groups in total. The molecule has 1 fully saturated rings. The van der Waals surface area contributed by atoms with Crippen LogP contribution in [0.5, 0.6) is 0 Å². The van der Waals surface area contributed by atoms with Crippen LogP contribution in [0.25, 0.3) is 0 Å². The number of hydrogen-bond acceptors (Lipinski definition) is 5. The fourth-order valence-electron chi connectivity index (χ4n) is 2.61. The van der Waals surface area contributed by atoms with Crippen molar-refractivity contribution in [3.05, 3.63) is 47.6 Å². The molecule has 3 rings (SSSR count). The van der Waals surface area contributed by atoms with Crippen molar-refractivity contribution in [3.63, 3.8) is 0 Å². The minimum absolute atomic E-state index is 0.0695. The highest BCUT2D eigenvalue weighted by Crippen LogP contribution is 2.17. The summed E-state index contributed by atoms with van der Waals surface area (Å²) >= 11 is 0. The van der Waals surface area contributed by atoms with Crippen molar-refractivity contribution >= 4 is 11.8 Å². The second-order valence-electron chi connectivity index (χ2n) is 5.48. The van der Waals surface area contributed by atoms with E-state index in [1.807, 2.05) is 12.1 Å². The highest BCUT2D eigenvalue weighted by atomic mass is 16.5. The lowest BCUT2D eigenvalue weighted by molar-refractivity contribution is -0.140. The first kappa shape index (κ1) is 15.2. The van der Waals surface area contributed by atoms with Crippen LogP contribution in [0.15, 0.2) is 35.1 Å². The molecule has 0 saturated carbocycles. The third-order valence-corrected chi connectivity index (χ3v) is 3.75. The van der Waals surface area contributed by atoms with E-state index in [0.717, 1.165) is 12.0 Å². The summed E-state index contributed by atoms with van der Waals surface area (Å²) in [5.74, 6) is 0.205. The molecular weight excluding hydrogens is 296 g/mol. The number of hydrazine groups is 1. The van der Waals surface area contributed by atoms with Gasteiger partial charge in [-0.05, 0) is 31.4 Å². The molecule has 1 saturated heterocycles. The second-order valence-corrected chi connectivity index (χ2v) is 5.48. The Morgan fingerprint density at radius 1 is 1.30 bits per heavy atom.